The molecule has 3 heterocycles. The van der Waals surface area contributed by atoms with Crippen LogP contribution in [0.2, 0.25) is 0 Å². The van der Waals surface area contributed by atoms with Crippen molar-refractivity contribution in [3.8, 4) is 0 Å². The number of carbonyl (C=O) groups is 2. The van der Waals surface area contributed by atoms with Crippen molar-refractivity contribution in [2.24, 2.45) is 0 Å². The van der Waals surface area contributed by atoms with Gasteiger partial charge in [-0.15, -0.1) is 0 Å². The first-order valence-corrected chi connectivity index (χ1v) is 11.4. The standard InChI is InChI=1S/C23H24N4O2S/c28-22(15-9-12-30-14-15)24-17-7-10-27(11-8-17)21-13-19(23(29)25-16-5-6-16)18-3-1-2-4-20(18)26-21/h1-4,9,12-14,16-17H,5-8,10-11H2,(H,24,28)(H,25,29). The molecule has 1 aliphatic heterocycles. The van der Waals surface area contributed by atoms with Crippen molar-refractivity contribution in [2.45, 2.75) is 37.8 Å². The minimum Gasteiger partial charge on any atom is -0.356 e. The molecule has 1 aromatic carbocycles. The molecular formula is C23H24N4O2S. The van der Waals surface area contributed by atoms with Crippen molar-refractivity contribution < 1.29 is 9.59 Å². The van der Waals surface area contributed by atoms with Gasteiger partial charge in [0.1, 0.15) is 5.82 Å². The summed E-state index contributed by atoms with van der Waals surface area (Å²) in [6.07, 6.45) is 3.83. The summed E-state index contributed by atoms with van der Waals surface area (Å²) in [5.74, 6) is 0.810. The second-order valence-corrected chi connectivity index (χ2v) is 8.82. The van der Waals surface area contributed by atoms with E-state index in [0.717, 1.165) is 61.1 Å². The van der Waals surface area contributed by atoms with Crippen LogP contribution >= 0.6 is 11.3 Å². The lowest BCUT2D eigenvalue weighted by atomic mass is 10.0. The van der Waals surface area contributed by atoms with Crippen LogP contribution in [0.3, 0.4) is 0 Å². The third kappa shape index (κ3) is 4.03. The van der Waals surface area contributed by atoms with Crippen molar-refractivity contribution in [1.82, 2.24) is 15.6 Å². The average molecular weight is 421 g/mol. The molecule has 2 aliphatic rings. The average Bonchev–Trinajstić information content (AvgIpc) is 3.41. The highest BCUT2D eigenvalue weighted by molar-refractivity contribution is 7.08. The Balaban J connectivity index is 1.31. The lowest BCUT2D eigenvalue weighted by Gasteiger charge is -2.33. The Morgan fingerprint density at radius 1 is 0.967 bits per heavy atom. The van der Waals surface area contributed by atoms with Gasteiger partial charge in [-0.05, 0) is 49.3 Å². The predicted octanol–water partition coefficient (Wildman–Crippen LogP) is 3.59. The predicted molar refractivity (Wildman–Crippen MR) is 119 cm³/mol. The molecule has 5 rings (SSSR count). The molecule has 1 aliphatic carbocycles. The number of para-hydroxylation sites is 1. The molecule has 0 atom stereocenters. The first-order chi connectivity index (χ1) is 14.7. The first-order valence-electron chi connectivity index (χ1n) is 10.5. The van der Waals surface area contributed by atoms with Crippen molar-refractivity contribution in [1.29, 1.82) is 0 Å². The van der Waals surface area contributed by atoms with Gasteiger partial charge in [0.2, 0.25) is 0 Å². The number of hydrogen-bond donors (Lipinski definition) is 2. The van der Waals surface area contributed by atoms with Gasteiger partial charge in [-0.3, -0.25) is 9.59 Å². The van der Waals surface area contributed by atoms with E-state index in [1.165, 1.54) is 11.3 Å². The van der Waals surface area contributed by atoms with Crippen LogP contribution in [0.5, 0.6) is 0 Å². The molecule has 2 aromatic heterocycles. The zero-order chi connectivity index (χ0) is 20.5. The number of nitrogens with zero attached hydrogens (tertiary/aromatic N) is 2. The Kier molecular flexibility index (Phi) is 5.12. The number of carbonyl (C=O) groups excluding carboxylic acids is 2. The number of amides is 2. The summed E-state index contributed by atoms with van der Waals surface area (Å²) in [6, 6.07) is 12.1. The topological polar surface area (TPSA) is 74.3 Å². The molecule has 30 heavy (non-hydrogen) atoms. The van der Waals surface area contributed by atoms with Gasteiger partial charge in [-0.2, -0.15) is 11.3 Å². The van der Waals surface area contributed by atoms with Crippen LogP contribution in [-0.4, -0.2) is 42.0 Å². The number of nitrogens with one attached hydrogen (secondary N) is 2. The summed E-state index contributed by atoms with van der Waals surface area (Å²) >= 11 is 1.53. The number of aromatic nitrogens is 1. The maximum absolute atomic E-state index is 12.8. The van der Waals surface area contributed by atoms with Crippen LogP contribution in [-0.2, 0) is 0 Å². The number of anilines is 1. The molecule has 3 aromatic rings. The molecule has 1 saturated carbocycles. The Morgan fingerprint density at radius 2 is 1.70 bits per heavy atom. The molecule has 1 saturated heterocycles. The minimum atomic E-state index is -0.0183. The van der Waals surface area contributed by atoms with E-state index in [1.807, 2.05) is 47.2 Å². The monoisotopic (exact) mass is 420 g/mol. The summed E-state index contributed by atoms with van der Waals surface area (Å²) < 4.78 is 0. The van der Waals surface area contributed by atoms with Gasteiger partial charge in [-0.1, -0.05) is 18.2 Å². The molecule has 0 radical (unpaired) electrons. The van der Waals surface area contributed by atoms with E-state index in [0.29, 0.717) is 11.6 Å². The molecule has 0 spiro atoms. The van der Waals surface area contributed by atoms with E-state index in [-0.39, 0.29) is 17.9 Å². The SMILES string of the molecule is O=C(NC1CCN(c2cc(C(=O)NC3CC3)c3ccccc3n2)CC1)c1ccsc1. The molecule has 0 unspecified atom stereocenters. The highest BCUT2D eigenvalue weighted by Crippen LogP contribution is 2.27. The van der Waals surface area contributed by atoms with Gasteiger partial charge < -0.3 is 15.5 Å². The molecule has 2 N–H and O–H groups in total. The lowest BCUT2D eigenvalue weighted by Crippen LogP contribution is -2.45. The summed E-state index contributed by atoms with van der Waals surface area (Å²) in [5, 5.41) is 10.9. The number of hydrogen-bond acceptors (Lipinski definition) is 5. The van der Waals surface area contributed by atoms with Crippen LogP contribution in [0.1, 0.15) is 46.4 Å². The van der Waals surface area contributed by atoms with Crippen molar-refractivity contribution in [3.63, 3.8) is 0 Å². The minimum absolute atomic E-state index is 0.00226. The zero-order valence-corrected chi connectivity index (χ0v) is 17.5. The maximum Gasteiger partial charge on any atom is 0.252 e. The van der Waals surface area contributed by atoms with Crippen LogP contribution in [0.15, 0.2) is 47.2 Å². The number of fused-ring (bicyclic) bond motifs is 1. The fraction of sp³-hybridized carbons (Fsp3) is 0.348. The first kappa shape index (κ1) is 19.1. The molecule has 7 heteroatoms. The van der Waals surface area contributed by atoms with E-state index in [9.17, 15) is 9.59 Å². The Morgan fingerprint density at radius 3 is 2.43 bits per heavy atom. The quantitative estimate of drug-likeness (QED) is 0.662. The summed E-state index contributed by atoms with van der Waals surface area (Å²) in [6.45, 7) is 1.59. The van der Waals surface area contributed by atoms with Gasteiger partial charge >= 0.3 is 0 Å². The summed E-state index contributed by atoms with van der Waals surface area (Å²) in [7, 11) is 0. The third-order valence-electron chi connectivity index (χ3n) is 5.80. The highest BCUT2D eigenvalue weighted by Gasteiger charge is 2.27. The fourth-order valence-corrected chi connectivity index (χ4v) is 4.55. The molecule has 2 amide bonds. The van der Waals surface area contributed by atoms with Crippen molar-refractivity contribution >= 4 is 39.9 Å². The zero-order valence-electron chi connectivity index (χ0n) is 16.6. The van der Waals surface area contributed by atoms with Crippen LogP contribution < -0.4 is 15.5 Å². The van der Waals surface area contributed by atoms with E-state index in [1.54, 1.807) is 0 Å². The Bertz CT molecular complexity index is 1070. The summed E-state index contributed by atoms with van der Waals surface area (Å²) in [4.78, 5) is 32.2. The van der Waals surface area contributed by atoms with Gasteiger partial charge in [0.15, 0.2) is 0 Å². The molecule has 0 bridgehead atoms. The number of thiophene rings is 1. The molecule has 154 valence electrons. The van der Waals surface area contributed by atoms with Crippen LogP contribution in [0.25, 0.3) is 10.9 Å². The second kappa shape index (κ2) is 8.07. The largest absolute Gasteiger partial charge is 0.356 e. The normalized spacial score (nSPS) is 17.1. The van der Waals surface area contributed by atoms with Crippen LogP contribution in [0, 0.1) is 0 Å². The summed E-state index contributed by atoms with van der Waals surface area (Å²) in [5.41, 5.74) is 2.25. The molecule has 6 nitrogen and oxygen atoms in total. The van der Waals surface area contributed by atoms with Gasteiger partial charge in [0.25, 0.3) is 11.8 Å². The lowest BCUT2D eigenvalue weighted by molar-refractivity contribution is 0.0928. The van der Waals surface area contributed by atoms with Crippen molar-refractivity contribution in [2.75, 3.05) is 18.0 Å². The van der Waals surface area contributed by atoms with E-state index in [2.05, 4.69) is 15.5 Å². The Labute approximate surface area is 179 Å². The number of rotatable bonds is 5. The number of piperidine rings is 1. The van der Waals surface area contributed by atoms with E-state index < -0.39 is 0 Å². The third-order valence-corrected chi connectivity index (χ3v) is 6.48. The highest BCUT2D eigenvalue weighted by atomic mass is 32.1. The fourth-order valence-electron chi connectivity index (χ4n) is 3.92. The van der Waals surface area contributed by atoms with Gasteiger partial charge in [0.05, 0.1) is 11.1 Å². The van der Waals surface area contributed by atoms with Gasteiger partial charge in [0, 0.05) is 41.5 Å². The second-order valence-electron chi connectivity index (χ2n) is 8.04. The van der Waals surface area contributed by atoms with Crippen LogP contribution in [0.4, 0.5) is 5.82 Å². The Hall–Kier alpha value is -2.93. The maximum atomic E-state index is 12.8. The van der Waals surface area contributed by atoms with E-state index >= 15 is 0 Å². The molecule has 2 fully saturated rings. The smallest absolute Gasteiger partial charge is 0.252 e. The number of benzene rings is 1. The number of pyridine rings is 1. The van der Waals surface area contributed by atoms with E-state index in [4.69, 9.17) is 4.98 Å². The van der Waals surface area contributed by atoms with Crippen molar-refractivity contribution in [3.05, 3.63) is 58.3 Å². The molecular weight excluding hydrogens is 396 g/mol. The van der Waals surface area contributed by atoms with Gasteiger partial charge in [-0.25, -0.2) is 4.98 Å².